The first kappa shape index (κ1) is 9.51. The average Bonchev–Trinajstić information content (AvgIpc) is 2.73. The third kappa shape index (κ3) is 1.50. The van der Waals surface area contributed by atoms with Crippen LogP contribution in [0, 0.1) is 5.82 Å². The molecule has 0 fully saturated rings. The van der Waals surface area contributed by atoms with Crippen molar-refractivity contribution in [1.29, 1.82) is 0 Å². The van der Waals surface area contributed by atoms with E-state index in [2.05, 4.69) is 10.1 Å². The molecule has 1 aromatic carbocycles. The Kier molecular flexibility index (Phi) is 2.20. The van der Waals surface area contributed by atoms with E-state index < -0.39 is 0 Å². The molecular weight excluding hydrogens is 205 g/mol. The molecule has 2 aromatic rings. The lowest BCUT2D eigenvalue weighted by atomic mass is 10.2. The van der Waals surface area contributed by atoms with Crippen molar-refractivity contribution in [2.24, 2.45) is 0 Å². The molecule has 4 heteroatoms. The number of benzene rings is 1. The van der Waals surface area contributed by atoms with Gasteiger partial charge >= 0.3 is 0 Å². The normalized spacial score (nSPS) is 14.8. The Labute approximate surface area is 92.9 Å². The molecule has 1 aromatic heterocycles. The molecule has 0 bridgehead atoms. The number of hydrogen-bond acceptors (Lipinski definition) is 2. The molecule has 0 spiro atoms. The highest BCUT2D eigenvalue weighted by Gasteiger charge is 2.16. The maximum atomic E-state index is 13.6. The molecule has 0 aliphatic carbocycles. The van der Waals surface area contributed by atoms with Gasteiger partial charge in [0.15, 0.2) is 5.82 Å². The Morgan fingerprint density at radius 1 is 1.19 bits per heavy atom. The predicted molar refractivity (Wildman–Crippen MR) is 58.4 cm³/mol. The molecule has 0 atom stereocenters. The van der Waals surface area contributed by atoms with E-state index in [1.807, 2.05) is 4.68 Å². The molecule has 1 aliphatic rings. The average molecular weight is 217 g/mol. The third-order valence-electron chi connectivity index (χ3n) is 2.88. The Balaban J connectivity index is 2.07. The maximum absolute atomic E-state index is 13.6. The zero-order valence-electron chi connectivity index (χ0n) is 8.86. The molecule has 3 rings (SSSR count). The SMILES string of the molecule is Fc1ccccc1-c1nc2n(n1)CCCC2. The molecule has 1 aliphatic heterocycles. The minimum absolute atomic E-state index is 0.259. The third-order valence-corrected chi connectivity index (χ3v) is 2.88. The van der Waals surface area contributed by atoms with Crippen molar-refractivity contribution in [3.05, 3.63) is 35.9 Å². The van der Waals surface area contributed by atoms with E-state index in [0.29, 0.717) is 11.4 Å². The highest BCUT2D eigenvalue weighted by molar-refractivity contribution is 5.55. The molecule has 3 nitrogen and oxygen atoms in total. The number of rotatable bonds is 1. The van der Waals surface area contributed by atoms with Gasteiger partial charge in [-0.25, -0.2) is 14.1 Å². The van der Waals surface area contributed by atoms with Gasteiger partial charge in [-0.1, -0.05) is 12.1 Å². The van der Waals surface area contributed by atoms with E-state index in [0.717, 1.165) is 31.6 Å². The van der Waals surface area contributed by atoms with Crippen LogP contribution in [0.1, 0.15) is 18.7 Å². The van der Waals surface area contributed by atoms with Crippen LogP contribution in [0.15, 0.2) is 24.3 Å². The highest BCUT2D eigenvalue weighted by Crippen LogP contribution is 2.21. The second-order valence-electron chi connectivity index (χ2n) is 4.01. The van der Waals surface area contributed by atoms with Crippen molar-refractivity contribution < 1.29 is 4.39 Å². The molecule has 0 unspecified atom stereocenters. The second kappa shape index (κ2) is 3.70. The fourth-order valence-corrected chi connectivity index (χ4v) is 2.04. The van der Waals surface area contributed by atoms with E-state index in [4.69, 9.17) is 0 Å². The Morgan fingerprint density at radius 2 is 2.06 bits per heavy atom. The van der Waals surface area contributed by atoms with Crippen LogP contribution in [0.5, 0.6) is 0 Å². The zero-order chi connectivity index (χ0) is 11.0. The summed E-state index contributed by atoms with van der Waals surface area (Å²) >= 11 is 0. The number of nitrogens with zero attached hydrogens (tertiary/aromatic N) is 3. The van der Waals surface area contributed by atoms with E-state index in [-0.39, 0.29) is 5.82 Å². The fraction of sp³-hybridized carbons (Fsp3) is 0.333. The van der Waals surface area contributed by atoms with Crippen molar-refractivity contribution in [2.75, 3.05) is 0 Å². The van der Waals surface area contributed by atoms with Crippen LogP contribution in [0.4, 0.5) is 4.39 Å². The molecular formula is C12H12FN3. The number of aryl methyl sites for hydroxylation is 2. The second-order valence-corrected chi connectivity index (χ2v) is 4.01. The van der Waals surface area contributed by atoms with Gasteiger partial charge in [0.2, 0.25) is 0 Å². The summed E-state index contributed by atoms with van der Waals surface area (Å²) in [5.41, 5.74) is 0.490. The summed E-state index contributed by atoms with van der Waals surface area (Å²) in [6.07, 6.45) is 3.23. The van der Waals surface area contributed by atoms with Gasteiger partial charge in [-0.05, 0) is 25.0 Å². The van der Waals surface area contributed by atoms with Crippen molar-refractivity contribution in [3.63, 3.8) is 0 Å². The monoisotopic (exact) mass is 217 g/mol. The molecule has 0 saturated carbocycles. The highest BCUT2D eigenvalue weighted by atomic mass is 19.1. The summed E-state index contributed by atoms with van der Waals surface area (Å²) < 4.78 is 15.4. The quantitative estimate of drug-likeness (QED) is 0.734. The van der Waals surface area contributed by atoms with Gasteiger partial charge in [0.25, 0.3) is 0 Å². The topological polar surface area (TPSA) is 30.7 Å². The predicted octanol–water partition coefficient (Wildman–Crippen LogP) is 2.42. The van der Waals surface area contributed by atoms with Crippen LogP contribution in [-0.4, -0.2) is 14.8 Å². The van der Waals surface area contributed by atoms with Crippen LogP contribution >= 0.6 is 0 Å². The Hall–Kier alpha value is -1.71. The van der Waals surface area contributed by atoms with Crippen molar-refractivity contribution in [2.45, 2.75) is 25.8 Å². The lowest BCUT2D eigenvalue weighted by molar-refractivity contribution is 0.480. The number of fused-ring (bicyclic) bond motifs is 1. The number of aromatic nitrogens is 3. The Bertz CT molecular complexity index is 495. The molecule has 82 valence electrons. The van der Waals surface area contributed by atoms with Crippen LogP contribution < -0.4 is 0 Å². The summed E-state index contributed by atoms with van der Waals surface area (Å²) in [6.45, 7) is 0.900. The molecule has 2 heterocycles. The van der Waals surface area contributed by atoms with E-state index in [1.165, 1.54) is 6.07 Å². The molecule has 0 amide bonds. The van der Waals surface area contributed by atoms with Gasteiger partial charge in [-0.3, -0.25) is 0 Å². The molecule has 0 saturated heterocycles. The standard InChI is InChI=1S/C12H12FN3/c13-10-6-2-1-5-9(10)12-14-11-7-3-4-8-16(11)15-12/h1-2,5-6H,3-4,7-8H2. The molecule has 0 N–H and O–H groups in total. The summed E-state index contributed by atoms with van der Waals surface area (Å²) in [7, 11) is 0. The maximum Gasteiger partial charge on any atom is 0.184 e. The lowest BCUT2D eigenvalue weighted by Gasteiger charge is -2.09. The largest absolute Gasteiger partial charge is 0.249 e. The number of halogens is 1. The Morgan fingerprint density at radius 3 is 2.88 bits per heavy atom. The van der Waals surface area contributed by atoms with E-state index in [9.17, 15) is 4.39 Å². The number of hydrogen-bond donors (Lipinski definition) is 0. The van der Waals surface area contributed by atoms with Gasteiger partial charge < -0.3 is 0 Å². The first-order valence-corrected chi connectivity index (χ1v) is 5.53. The zero-order valence-corrected chi connectivity index (χ0v) is 8.86. The van der Waals surface area contributed by atoms with Gasteiger partial charge in [-0.15, -0.1) is 0 Å². The minimum Gasteiger partial charge on any atom is -0.249 e. The minimum atomic E-state index is -0.259. The van der Waals surface area contributed by atoms with Gasteiger partial charge in [0.1, 0.15) is 11.6 Å². The van der Waals surface area contributed by atoms with Crippen molar-refractivity contribution in [3.8, 4) is 11.4 Å². The molecule has 16 heavy (non-hydrogen) atoms. The van der Waals surface area contributed by atoms with Crippen molar-refractivity contribution in [1.82, 2.24) is 14.8 Å². The van der Waals surface area contributed by atoms with Crippen molar-refractivity contribution >= 4 is 0 Å². The van der Waals surface area contributed by atoms with Gasteiger partial charge in [-0.2, -0.15) is 5.10 Å². The molecule has 0 radical (unpaired) electrons. The van der Waals surface area contributed by atoms with E-state index >= 15 is 0 Å². The lowest BCUT2D eigenvalue weighted by Crippen LogP contribution is -2.11. The summed E-state index contributed by atoms with van der Waals surface area (Å²) in [6, 6.07) is 6.64. The first-order chi connectivity index (χ1) is 7.84. The van der Waals surface area contributed by atoms with Crippen LogP contribution in [0.2, 0.25) is 0 Å². The summed E-state index contributed by atoms with van der Waals surface area (Å²) in [4.78, 5) is 4.39. The summed E-state index contributed by atoms with van der Waals surface area (Å²) in [5, 5.41) is 4.35. The smallest absolute Gasteiger partial charge is 0.184 e. The first-order valence-electron chi connectivity index (χ1n) is 5.53. The van der Waals surface area contributed by atoms with Crippen LogP contribution in [-0.2, 0) is 13.0 Å². The van der Waals surface area contributed by atoms with Gasteiger partial charge in [0.05, 0.1) is 5.56 Å². The van der Waals surface area contributed by atoms with Crippen LogP contribution in [0.3, 0.4) is 0 Å². The van der Waals surface area contributed by atoms with Gasteiger partial charge in [0, 0.05) is 13.0 Å². The van der Waals surface area contributed by atoms with E-state index in [1.54, 1.807) is 18.2 Å². The summed E-state index contributed by atoms with van der Waals surface area (Å²) in [5.74, 6) is 1.23. The fourth-order valence-electron chi connectivity index (χ4n) is 2.04. The van der Waals surface area contributed by atoms with Crippen LogP contribution in [0.25, 0.3) is 11.4 Å².